The molecule has 6 heteroatoms. The third-order valence-electron chi connectivity index (χ3n) is 4.46. The fraction of sp³-hybridized carbons (Fsp3) is 0.529. The van der Waals surface area contributed by atoms with Crippen molar-refractivity contribution in [2.45, 2.75) is 45.7 Å². The van der Waals surface area contributed by atoms with Gasteiger partial charge in [-0.15, -0.1) is 0 Å². The van der Waals surface area contributed by atoms with Crippen LogP contribution in [0.1, 0.15) is 47.8 Å². The Hall–Kier alpha value is -2.08. The van der Waals surface area contributed by atoms with Crippen molar-refractivity contribution in [1.29, 1.82) is 0 Å². The summed E-state index contributed by atoms with van der Waals surface area (Å²) in [6.45, 7) is 5.51. The van der Waals surface area contributed by atoms with E-state index in [0.29, 0.717) is 0 Å². The molecule has 0 unspecified atom stereocenters. The first kappa shape index (κ1) is 14.5. The molecule has 0 saturated carbocycles. The number of aromatic nitrogens is 3. The van der Waals surface area contributed by atoms with Crippen LogP contribution in [-0.4, -0.2) is 38.8 Å². The van der Waals surface area contributed by atoms with Crippen LogP contribution in [0, 0.1) is 6.92 Å². The lowest BCUT2D eigenvalue weighted by Gasteiger charge is -2.27. The molecule has 2 aromatic heterocycles. The van der Waals surface area contributed by atoms with Gasteiger partial charge in [-0.05, 0) is 26.2 Å². The lowest BCUT2D eigenvalue weighted by Crippen LogP contribution is -2.31. The molecule has 120 valence electrons. The zero-order chi connectivity index (χ0) is 15.6. The van der Waals surface area contributed by atoms with E-state index >= 15 is 0 Å². The molecule has 4 rings (SSSR count). The van der Waals surface area contributed by atoms with Gasteiger partial charge in [0, 0.05) is 50.4 Å². The van der Waals surface area contributed by atoms with Crippen LogP contribution >= 0.6 is 0 Å². The van der Waals surface area contributed by atoms with E-state index in [1.165, 1.54) is 24.1 Å². The quantitative estimate of drug-likeness (QED) is 0.870. The summed E-state index contributed by atoms with van der Waals surface area (Å²) in [6, 6.07) is 2.00. The summed E-state index contributed by atoms with van der Waals surface area (Å²) in [5.74, 6) is 1.70. The van der Waals surface area contributed by atoms with Gasteiger partial charge in [-0.1, -0.05) is 5.16 Å². The molecule has 0 amide bonds. The number of rotatable bonds is 3. The lowest BCUT2D eigenvalue weighted by molar-refractivity contribution is 0.234. The summed E-state index contributed by atoms with van der Waals surface area (Å²) in [5.41, 5.74) is 4.46. The maximum absolute atomic E-state index is 5.14. The molecule has 23 heavy (non-hydrogen) atoms. The first-order chi connectivity index (χ1) is 11.3. The monoisotopic (exact) mass is 311 g/mol. The Balaban J connectivity index is 1.48. The SMILES string of the molecule is Cc1cc(CN2CCc3nc(C4=NCCCC4)ncc3C2)no1. The van der Waals surface area contributed by atoms with Crippen molar-refractivity contribution in [3.8, 4) is 0 Å². The number of nitrogens with zero attached hydrogens (tertiary/aromatic N) is 5. The first-order valence-corrected chi connectivity index (χ1v) is 8.31. The highest BCUT2D eigenvalue weighted by atomic mass is 16.5. The van der Waals surface area contributed by atoms with Gasteiger partial charge in [0.15, 0.2) is 5.82 Å². The second kappa shape index (κ2) is 6.20. The van der Waals surface area contributed by atoms with E-state index in [-0.39, 0.29) is 0 Å². The minimum atomic E-state index is 0.811. The molecule has 0 atom stereocenters. The molecule has 2 aromatic rings. The standard InChI is InChI=1S/C17H21N5O/c1-12-8-14(21-23-12)11-22-7-5-15-13(10-22)9-19-17(20-15)16-4-2-3-6-18-16/h8-9H,2-7,10-11H2,1H3. The van der Waals surface area contributed by atoms with E-state index in [9.17, 15) is 0 Å². The van der Waals surface area contributed by atoms with Crippen LogP contribution in [0.5, 0.6) is 0 Å². The van der Waals surface area contributed by atoms with Gasteiger partial charge in [-0.2, -0.15) is 0 Å². The molecule has 0 radical (unpaired) electrons. The number of hydrogen-bond acceptors (Lipinski definition) is 6. The number of aryl methyl sites for hydroxylation is 1. The summed E-state index contributed by atoms with van der Waals surface area (Å²) < 4.78 is 5.14. The van der Waals surface area contributed by atoms with Gasteiger partial charge in [0.25, 0.3) is 0 Å². The second-order valence-electron chi connectivity index (χ2n) is 6.34. The molecule has 4 heterocycles. The van der Waals surface area contributed by atoms with E-state index in [2.05, 4.69) is 20.0 Å². The van der Waals surface area contributed by atoms with Crippen molar-refractivity contribution in [3.05, 3.63) is 40.8 Å². The summed E-state index contributed by atoms with van der Waals surface area (Å²) in [5, 5.41) is 4.08. The minimum Gasteiger partial charge on any atom is -0.361 e. The summed E-state index contributed by atoms with van der Waals surface area (Å²) in [4.78, 5) is 16.3. The van der Waals surface area contributed by atoms with Crippen LogP contribution in [-0.2, 0) is 19.5 Å². The minimum absolute atomic E-state index is 0.811. The Labute approximate surface area is 135 Å². The van der Waals surface area contributed by atoms with E-state index in [4.69, 9.17) is 9.51 Å². The fourth-order valence-electron chi connectivity index (χ4n) is 3.25. The van der Waals surface area contributed by atoms with E-state index in [0.717, 1.165) is 62.0 Å². The number of aliphatic imine (C=N–C) groups is 1. The number of hydrogen-bond donors (Lipinski definition) is 0. The predicted octanol–water partition coefficient (Wildman–Crippen LogP) is 2.30. The van der Waals surface area contributed by atoms with Crippen molar-refractivity contribution >= 4 is 5.71 Å². The molecule has 0 bridgehead atoms. The molecule has 0 aromatic carbocycles. The van der Waals surface area contributed by atoms with Crippen molar-refractivity contribution in [1.82, 2.24) is 20.0 Å². The maximum atomic E-state index is 5.14. The third-order valence-corrected chi connectivity index (χ3v) is 4.46. The van der Waals surface area contributed by atoms with Gasteiger partial charge in [0.05, 0.1) is 17.1 Å². The Morgan fingerprint density at radius 2 is 2.22 bits per heavy atom. The fourth-order valence-corrected chi connectivity index (χ4v) is 3.25. The Bertz CT molecular complexity index is 736. The van der Waals surface area contributed by atoms with E-state index in [1.807, 2.05) is 19.2 Å². The van der Waals surface area contributed by atoms with Gasteiger partial charge in [0.1, 0.15) is 5.76 Å². The molecular weight excluding hydrogens is 290 g/mol. The summed E-state index contributed by atoms with van der Waals surface area (Å²) in [7, 11) is 0. The topological polar surface area (TPSA) is 67.4 Å². The van der Waals surface area contributed by atoms with Gasteiger partial charge in [-0.25, -0.2) is 9.97 Å². The molecule has 0 aliphatic carbocycles. The van der Waals surface area contributed by atoms with Gasteiger partial charge < -0.3 is 4.52 Å². The second-order valence-corrected chi connectivity index (χ2v) is 6.34. The Morgan fingerprint density at radius 3 is 3.00 bits per heavy atom. The average molecular weight is 311 g/mol. The molecule has 0 spiro atoms. The summed E-state index contributed by atoms with van der Waals surface area (Å²) >= 11 is 0. The van der Waals surface area contributed by atoms with Crippen LogP contribution in [0.2, 0.25) is 0 Å². The molecule has 0 fully saturated rings. The highest BCUT2D eigenvalue weighted by molar-refractivity contribution is 5.97. The Morgan fingerprint density at radius 1 is 1.26 bits per heavy atom. The van der Waals surface area contributed by atoms with Crippen molar-refractivity contribution < 1.29 is 4.52 Å². The molecule has 0 saturated heterocycles. The lowest BCUT2D eigenvalue weighted by atomic mass is 10.1. The van der Waals surface area contributed by atoms with E-state index in [1.54, 1.807) is 0 Å². The first-order valence-electron chi connectivity index (χ1n) is 8.31. The molecular formula is C17H21N5O. The molecule has 0 N–H and O–H groups in total. The largest absolute Gasteiger partial charge is 0.361 e. The third kappa shape index (κ3) is 3.17. The highest BCUT2D eigenvalue weighted by Gasteiger charge is 2.21. The van der Waals surface area contributed by atoms with Crippen molar-refractivity contribution in [2.75, 3.05) is 13.1 Å². The van der Waals surface area contributed by atoms with E-state index < -0.39 is 0 Å². The van der Waals surface area contributed by atoms with Crippen LogP contribution < -0.4 is 0 Å². The van der Waals surface area contributed by atoms with Gasteiger partial charge >= 0.3 is 0 Å². The normalized spacial score (nSPS) is 18.6. The smallest absolute Gasteiger partial charge is 0.173 e. The van der Waals surface area contributed by atoms with Gasteiger partial charge in [0.2, 0.25) is 0 Å². The van der Waals surface area contributed by atoms with Crippen LogP contribution in [0.15, 0.2) is 21.8 Å². The Kier molecular flexibility index (Phi) is 3.91. The molecule has 6 nitrogen and oxygen atoms in total. The van der Waals surface area contributed by atoms with Crippen LogP contribution in [0.4, 0.5) is 0 Å². The van der Waals surface area contributed by atoms with Crippen LogP contribution in [0.3, 0.4) is 0 Å². The molecule has 2 aliphatic heterocycles. The number of fused-ring (bicyclic) bond motifs is 1. The van der Waals surface area contributed by atoms with Crippen molar-refractivity contribution in [3.63, 3.8) is 0 Å². The predicted molar refractivity (Wildman–Crippen MR) is 86.3 cm³/mol. The summed E-state index contributed by atoms with van der Waals surface area (Å²) in [6.07, 6.45) is 6.33. The molecule has 2 aliphatic rings. The van der Waals surface area contributed by atoms with Crippen molar-refractivity contribution in [2.24, 2.45) is 4.99 Å². The zero-order valence-electron chi connectivity index (χ0n) is 13.5. The highest BCUT2D eigenvalue weighted by Crippen LogP contribution is 2.20. The van der Waals surface area contributed by atoms with Crippen LogP contribution in [0.25, 0.3) is 0 Å². The van der Waals surface area contributed by atoms with Gasteiger partial charge in [-0.3, -0.25) is 9.89 Å². The zero-order valence-corrected chi connectivity index (χ0v) is 13.5. The average Bonchev–Trinajstić information content (AvgIpc) is 3.00. The maximum Gasteiger partial charge on any atom is 0.173 e.